The fraction of sp³-hybridized carbons (Fsp3) is 0.500. The number of oxime groups is 1. The highest BCUT2D eigenvalue weighted by atomic mass is 16.8. The van der Waals surface area contributed by atoms with Crippen LogP contribution >= 0.6 is 0 Å². The van der Waals surface area contributed by atoms with Gasteiger partial charge in [0.15, 0.2) is 17.9 Å². The predicted molar refractivity (Wildman–Crippen MR) is 126 cm³/mol. The number of fused-ring (bicyclic) bond motifs is 1. The topological polar surface area (TPSA) is 159 Å². The Kier molecular flexibility index (Phi) is 8.81. The van der Waals surface area contributed by atoms with Gasteiger partial charge in [0.05, 0.1) is 5.69 Å². The quantitative estimate of drug-likeness (QED) is 0.290. The zero-order chi connectivity index (χ0) is 27.3. The van der Waals surface area contributed by atoms with Crippen LogP contribution in [-0.2, 0) is 47.8 Å². The highest BCUT2D eigenvalue weighted by Gasteiger charge is 2.52. The van der Waals surface area contributed by atoms with Gasteiger partial charge in [-0.15, -0.1) is 0 Å². The minimum Gasteiger partial charge on any atom is -0.463 e. The summed E-state index contributed by atoms with van der Waals surface area (Å²) in [6.07, 6.45) is -5.16. The number of nitrogens with one attached hydrogen (secondary N) is 1. The summed E-state index contributed by atoms with van der Waals surface area (Å²) >= 11 is 0. The Morgan fingerprint density at radius 3 is 2.24 bits per heavy atom. The van der Waals surface area contributed by atoms with E-state index in [4.69, 9.17) is 23.8 Å². The van der Waals surface area contributed by atoms with Crippen LogP contribution in [0.5, 0.6) is 0 Å². The number of ether oxygens (including phenoxy) is 4. The third-order valence-electron chi connectivity index (χ3n) is 5.53. The molecule has 1 aromatic carbocycles. The molecule has 200 valence electrons. The van der Waals surface area contributed by atoms with Gasteiger partial charge in [0.25, 0.3) is 12.2 Å². The molecular formula is C24H29N3O10. The van der Waals surface area contributed by atoms with Crippen LogP contribution in [0.1, 0.15) is 40.2 Å². The molecule has 1 N–H and O–H groups in total. The van der Waals surface area contributed by atoms with Crippen molar-refractivity contribution in [1.29, 1.82) is 0 Å². The Morgan fingerprint density at radius 2 is 1.65 bits per heavy atom. The van der Waals surface area contributed by atoms with Gasteiger partial charge in [-0.25, -0.2) is 0 Å². The zero-order valence-corrected chi connectivity index (χ0v) is 21.1. The summed E-state index contributed by atoms with van der Waals surface area (Å²) in [5.74, 6) is -3.04. The van der Waals surface area contributed by atoms with Crippen LogP contribution in [0.15, 0.2) is 29.4 Å². The predicted octanol–water partition coefficient (Wildman–Crippen LogP) is 0.430. The van der Waals surface area contributed by atoms with E-state index in [0.717, 1.165) is 13.8 Å². The Morgan fingerprint density at radius 1 is 1.00 bits per heavy atom. The lowest BCUT2D eigenvalue weighted by atomic mass is 9.96. The van der Waals surface area contributed by atoms with Gasteiger partial charge in [-0.2, -0.15) is 0 Å². The van der Waals surface area contributed by atoms with Crippen molar-refractivity contribution in [2.24, 2.45) is 5.16 Å². The van der Waals surface area contributed by atoms with Crippen LogP contribution in [0.4, 0.5) is 5.69 Å². The SMILES string of the molecule is CCN1C(=O)/C(=N\O[C@@H]2O[C@H](COC(C)=O)[C@H](OC(C)=O)[C@H](OC(C)=O)[C@@H]2NC(C)=O)c2ccccc21. The summed E-state index contributed by atoms with van der Waals surface area (Å²) < 4.78 is 21.7. The van der Waals surface area contributed by atoms with Crippen molar-refractivity contribution in [1.82, 2.24) is 5.32 Å². The average molecular weight is 520 g/mol. The van der Waals surface area contributed by atoms with Gasteiger partial charge < -0.3 is 34.0 Å². The van der Waals surface area contributed by atoms with Crippen molar-refractivity contribution in [2.75, 3.05) is 18.1 Å². The molecule has 5 atom stereocenters. The van der Waals surface area contributed by atoms with Crippen LogP contribution < -0.4 is 10.2 Å². The smallest absolute Gasteiger partial charge is 0.303 e. The Labute approximate surface area is 213 Å². The summed E-state index contributed by atoms with van der Waals surface area (Å²) in [5, 5.41) is 6.62. The molecule has 0 aromatic heterocycles. The largest absolute Gasteiger partial charge is 0.463 e. The summed E-state index contributed by atoms with van der Waals surface area (Å²) in [6, 6.07) is 5.80. The average Bonchev–Trinajstić information content (AvgIpc) is 3.09. The van der Waals surface area contributed by atoms with E-state index in [-0.39, 0.29) is 12.3 Å². The third kappa shape index (κ3) is 6.42. The maximum atomic E-state index is 13.0. The molecular weight excluding hydrogens is 490 g/mol. The molecule has 2 heterocycles. The second kappa shape index (κ2) is 11.8. The lowest BCUT2D eigenvalue weighted by Gasteiger charge is -2.43. The van der Waals surface area contributed by atoms with Crippen LogP contribution in [-0.4, -0.2) is 79.2 Å². The van der Waals surface area contributed by atoms with Gasteiger partial charge in [0.1, 0.15) is 18.8 Å². The van der Waals surface area contributed by atoms with Crippen molar-refractivity contribution in [3.63, 3.8) is 0 Å². The van der Waals surface area contributed by atoms with Gasteiger partial charge >= 0.3 is 17.9 Å². The molecule has 1 fully saturated rings. The molecule has 0 radical (unpaired) electrons. The number of likely N-dealkylation sites (N-methyl/N-ethyl adjacent to an activating group) is 1. The molecule has 13 nitrogen and oxygen atoms in total. The first-order chi connectivity index (χ1) is 17.5. The molecule has 2 amide bonds. The van der Waals surface area contributed by atoms with Gasteiger partial charge in [0, 0.05) is 39.8 Å². The lowest BCUT2D eigenvalue weighted by Crippen LogP contribution is -2.66. The summed E-state index contributed by atoms with van der Waals surface area (Å²) in [7, 11) is 0. The molecule has 37 heavy (non-hydrogen) atoms. The number of anilines is 1. The highest BCUT2D eigenvalue weighted by molar-refractivity contribution is 6.54. The number of nitrogens with zero attached hydrogens (tertiary/aromatic N) is 2. The van der Waals surface area contributed by atoms with Crippen molar-refractivity contribution in [2.45, 2.75) is 65.3 Å². The van der Waals surface area contributed by atoms with E-state index in [1.807, 2.05) is 6.92 Å². The molecule has 2 aliphatic rings. The van der Waals surface area contributed by atoms with E-state index in [2.05, 4.69) is 10.5 Å². The molecule has 13 heteroatoms. The van der Waals surface area contributed by atoms with Crippen LogP contribution in [0.25, 0.3) is 0 Å². The normalized spacial score (nSPS) is 25.8. The monoisotopic (exact) mass is 519 g/mol. The first-order valence-corrected chi connectivity index (χ1v) is 11.6. The molecule has 1 aromatic rings. The first kappa shape index (κ1) is 27.6. The maximum Gasteiger partial charge on any atom is 0.303 e. The summed E-state index contributed by atoms with van der Waals surface area (Å²) in [4.78, 5) is 67.4. The van der Waals surface area contributed by atoms with Crippen LogP contribution in [0.3, 0.4) is 0 Å². The number of carbonyl (C=O) groups excluding carboxylic acids is 5. The molecule has 0 bridgehead atoms. The number of esters is 3. The van der Waals surface area contributed by atoms with E-state index in [9.17, 15) is 24.0 Å². The summed E-state index contributed by atoms with van der Waals surface area (Å²) in [5.41, 5.74) is 1.19. The molecule has 0 aliphatic carbocycles. The van der Waals surface area contributed by atoms with E-state index in [1.54, 1.807) is 24.3 Å². The second-order valence-corrected chi connectivity index (χ2v) is 8.33. The number of para-hydroxylation sites is 1. The molecule has 3 rings (SSSR count). The van der Waals surface area contributed by atoms with E-state index in [1.165, 1.54) is 18.7 Å². The standard InChI is InChI=1S/C24H29N3O10/c1-6-27-17-10-8-7-9-16(17)19(23(27)32)26-37-24-20(25-12(2)28)22(35-15(5)31)21(34-14(4)30)18(36-24)11-33-13(3)29/h7-10,18,20-22,24H,6,11H2,1-5H3,(H,25,28)/b26-19-/t18-,20+,21+,22-,24+/m1/s1. The third-order valence-corrected chi connectivity index (χ3v) is 5.53. The van der Waals surface area contributed by atoms with E-state index < -0.39 is 60.4 Å². The molecule has 0 unspecified atom stereocenters. The number of hydrogen-bond donors (Lipinski definition) is 1. The van der Waals surface area contributed by atoms with Gasteiger partial charge in [0.2, 0.25) is 5.91 Å². The minimum atomic E-state index is -1.43. The Balaban J connectivity index is 2.00. The minimum absolute atomic E-state index is 0.00491. The fourth-order valence-corrected chi connectivity index (χ4v) is 4.15. The number of amides is 2. The lowest BCUT2D eigenvalue weighted by molar-refractivity contribution is -0.278. The fourth-order valence-electron chi connectivity index (χ4n) is 4.15. The van der Waals surface area contributed by atoms with Crippen molar-refractivity contribution in [3.8, 4) is 0 Å². The Hall–Kier alpha value is -4.00. The number of hydrogen-bond acceptors (Lipinski definition) is 11. The second-order valence-electron chi connectivity index (χ2n) is 8.33. The Bertz CT molecular complexity index is 1100. The highest BCUT2D eigenvalue weighted by Crippen LogP contribution is 2.31. The zero-order valence-electron chi connectivity index (χ0n) is 21.1. The van der Waals surface area contributed by atoms with E-state index >= 15 is 0 Å². The number of carbonyl (C=O) groups is 5. The molecule has 2 aliphatic heterocycles. The maximum absolute atomic E-state index is 13.0. The summed E-state index contributed by atoms with van der Waals surface area (Å²) in [6.45, 7) is 6.49. The van der Waals surface area contributed by atoms with Crippen molar-refractivity contribution < 1.29 is 47.8 Å². The van der Waals surface area contributed by atoms with Crippen molar-refractivity contribution in [3.05, 3.63) is 29.8 Å². The van der Waals surface area contributed by atoms with Crippen molar-refractivity contribution >= 4 is 41.1 Å². The number of benzene rings is 1. The van der Waals surface area contributed by atoms with Gasteiger partial charge in [-0.3, -0.25) is 24.0 Å². The molecule has 0 spiro atoms. The van der Waals surface area contributed by atoms with Gasteiger partial charge in [-0.05, 0) is 13.0 Å². The molecule has 1 saturated heterocycles. The van der Waals surface area contributed by atoms with Gasteiger partial charge in [-0.1, -0.05) is 23.4 Å². The molecule has 0 saturated carbocycles. The van der Waals surface area contributed by atoms with Crippen LogP contribution in [0, 0.1) is 0 Å². The van der Waals surface area contributed by atoms with E-state index in [0.29, 0.717) is 17.8 Å². The number of rotatable bonds is 8. The van der Waals surface area contributed by atoms with Crippen LogP contribution in [0.2, 0.25) is 0 Å². The first-order valence-electron chi connectivity index (χ1n) is 11.6.